The summed E-state index contributed by atoms with van der Waals surface area (Å²) in [5, 5.41) is 3.30. The van der Waals surface area contributed by atoms with E-state index in [0.29, 0.717) is 5.92 Å². The molecule has 0 amide bonds. The molecule has 1 aromatic carbocycles. The zero-order valence-corrected chi connectivity index (χ0v) is 15.7. The summed E-state index contributed by atoms with van der Waals surface area (Å²) in [6, 6.07) is 5.92. The minimum atomic E-state index is -4.28. The molecule has 1 heterocycles. The van der Waals surface area contributed by atoms with Gasteiger partial charge in [0.25, 0.3) is 0 Å². The molecule has 2 rings (SSSR count). The van der Waals surface area contributed by atoms with Crippen molar-refractivity contribution in [1.29, 1.82) is 0 Å². The SMILES string of the molecule is CC(C)CC[C@@H](c1cccc(C(F)(F)F)c1)N1CCNCC1.Cl.Cl. The maximum atomic E-state index is 13.0. The first-order chi connectivity index (χ1) is 10.4. The topological polar surface area (TPSA) is 15.3 Å². The van der Waals surface area contributed by atoms with Crippen LogP contribution >= 0.6 is 24.8 Å². The van der Waals surface area contributed by atoms with E-state index in [2.05, 4.69) is 24.1 Å². The number of rotatable bonds is 5. The third-order valence-corrected chi connectivity index (χ3v) is 4.21. The molecular formula is C17H27Cl2F3N2. The number of nitrogens with one attached hydrogen (secondary N) is 1. The van der Waals surface area contributed by atoms with Gasteiger partial charge in [-0.05, 0) is 36.5 Å². The van der Waals surface area contributed by atoms with Crippen LogP contribution in [0.15, 0.2) is 24.3 Å². The van der Waals surface area contributed by atoms with E-state index in [1.165, 1.54) is 12.1 Å². The second-order valence-electron chi connectivity index (χ2n) is 6.40. The molecule has 1 saturated heterocycles. The molecule has 2 nitrogen and oxygen atoms in total. The molecule has 1 atom stereocenters. The van der Waals surface area contributed by atoms with E-state index < -0.39 is 11.7 Å². The fourth-order valence-corrected chi connectivity index (χ4v) is 2.97. The smallest absolute Gasteiger partial charge is 0.314 e. The minimum absolute atomic E-state index is 0. The summed E-state index contributed by atoms with van der Waals surface area (Å²) in [5.74, 6) is 0.552. The maximum Gasteiger partial charge on any atom is 0.416 e. The van der Waals surface area contributed by atoms with Gasteiger partial charge in [0.2, 0.25) is 0 Å². The van der Waals surface area contributed by atoms with Gasteiger partial charge in [0, 0.05) is 32.2 Å². The summed E-state index contributed by atoms with van der Waals surface area (Å²) in [6.07, 6.45) is -2.36. The van der Waals surface area contributed by atoms with E-state index in [9.17, 15) is 13.2 Å². The van der Waals surface area contributed by atoms with Crippen LogP contribution in [0.1, 0.15) is 43.9 Å². The molecule has 0 unspecified atom stereocenters. The van der Waals surface area contributed by atoms with Crippen molar-refractivity contribution in [2.75, 3.05) is 26.2 Å². The van der Waals surface area contributed by atoms with Gasteiger partial charge in [-0.3, -0.25) is 4.90 Å². The molecule has 0 saturated carbocycles. The van der Waals surface area contributed by atoms with Crippen molar-refractivity contribution in [3.05, 3.63) is 35.4 Å². The Bertz CT molecular complexity index is 475. The number of benzene rings is 1. The van der Waals surface area contributed by atoms with Crippen LogP contribution in [0.4, 0.5) is 13.2 Å². The van der Waals surface area contributed by atoms with E-state index in [-0.39, 0.29) is 30.9 Å². The average Bonchev–Trinajstić information content (AvgIpc) is 2.48. The van der Waals surface area contributed by atoms with Crippen LogP contribution in [0, 0.1) is 5.92 Å². The van der Waals surface area contributed by atoms with Gasteiger partial charge in [-0.25, -0.2) is 0 Å². The zero-order valence-electron chi connectivity index (χ0n) is 14.1. The van der Waals surface area contributed by atoms with Crippen LogP contribution in [0.25, 0.3) is 0 Å². The van der Waals surface area contributed by atoms with Crippen LogP contribution in [0.5, 0.6) is 0 Å². The normalized spacial score (nSPS) is 17.1. The minimum Gasteiger partial charge on any atom is -0.314 e. The van der Waals surface area contributed by atoms with Gasteiger partial charge in [0.15, 0.2) is 0 Å². The molecule has 0 bridgehead atoms. The van der Waals surface area contributed by atoms with Gasteiger partial charge in [-0.1, -0.05) is 26.0 Å². The van der Waals surface area contributed by atoms with Crippen molar-refractivity contribution >= 4 is 24.8 Å². The van der Waals surface area contributed by atoms with E-state index >= 15 is 0 Å². The monoisotopic (exact) mass is 386 g/mol. The molecule has 1 aromatic rings. The van der Waals surface area contributed by atoms with Crippen LogP contribution in [-0.2, 0) is 6.18 Å². The van der Waals surface area contributed by atoms with Gasteiger partial charge in [0.1, 0.15) is 0 Å². The summed E-state index contributed by atoms with van der Waals surface area (Å²) in [7, 11) is 0. The van der Waals surface area contributed by atoms with Crippen molar-refractivity contribution in [3.8, 4) is 0 Å². The molecule has 7 heteroatoms. The summed E-state index contributed by atoms with van der Waals surface area (Å²) in [4.78, 5) is 2.31. The van der Waals surface area contributed by atoms with Crippen molar-refractivity contribution < 1.29 is 13.2 Å². The Morgan fingerprint density at radius 3 is 2.25 bits per heavy atom. The highest BCUT2D eigenvalue weighted by molar-refractivity contribution is 5.85. The highest BCUT2D eigenvalue weighted by Gasteiger charge is 2.31. The Morgan fingerprint density at radius 2 is 1.71 bits per heavy atom. The molecule has 1 fully saturated rings. The van der Waals surface area contributed by atoms with Gasteiger partial charge >= 0.3 is 6.18 Å². The van der Waals surface area contributed by atoms with Gasteiger partial charge in [-0.2, -0.15) is 13.2 Å². The van der Waals surface area contributed by atoms with Crippen LogP contribution < -0.4 is 5.32 Å². The summed E-state index contributed by atoms with van der Waals surface area (Å²) in [5.41, 5.74) is 0.243. The fourth-order valence-electron chi connectivity index (χ4n) is 2.97. The predicted octanol–water partition coefficient (Wildman–Crippen LogP) is 4.93. The lowest BCUT2D eigenvalue weighted by Crippen LogP contribution is -2.45. The lowest BCUT2D eigenvalue weighted by molar-refractivity contribution is -0.137. The highest BCUT2D eigenvalue weighted by Crippen LogP contribution is 2.34. The quantitative estimate of drug-likeness (QED) is 0.771. The molecular weight excluding hydrogens is 360 g/mol. The van der Waals surface area contributed by atoms with E-state index in [1.54, 1.807) is 0 Å². The van der Waals surface area contributed by atoms with E-state index in [4.69, 9.17) is 0 Å². The molecule has 1 aliphatic rings. The van der Waals surface area contributed by atoms with Crippen molar-refractivity contribution in [2.45, 2.75) is 38.9 Å². The Morgan fingerprint density at radius 1 is 1.08 bits per heavy atom. The third kappa shape index (κ3) is 6.79. The number of piperazine rings is 1. The fraction of sp³-hybridized carbons (Fsp3) is 0.647. The second-order valence-corrected chi connectivity index (χ2v) is 6.40. The maximum absolute atomic E-state index is 13.0. The van der Waals surface area contributed by atoms with Crippen molar-refractivity contribution in [1.82, 2.24) is 10.2 Å². The summed E-state index contributed by atoms with van der Waals surface area (Å²) < 4.78 is 38.9. The first-order valence-electron chi connectivity index (χ1n) is 8.00. The van der Waals surface area contributed by atoms with Gasteiger partial charge in [-0.15, -0.1) is 24.8 Å². The molecule has 0 aromatic heterocycles. The summed E-state index contributed by atoms with van der Waals surface area (Å²) in [6.45, 7) is 7.88. The van der Waals surface area contributed by atoms with Gasteiger partial charge in [0.05, 0.1) is 5.56 Å². The molecule has 1 N–H and O–H groups in total. The van der Waals surface area contributed by atoms with E-state index in [1.807, 2.05) is 6.07 Å². The predicted molar refractivity (Wildman–Crippen MR) is 97.2 cm³/mol. The standard InChI is InChI=1S/C17H25F3N2.2ClH/c1-13(2)6-7-16(22-10-8-21-9-11-22)14-4-3-5-15(12-14)17(18,19)20;;/h3-5,12-13,16,21H,6-11H2,1-2H3;2*1H/t16-;;/m0../s1. The number of nitrogens with zero attached hydrogens (tertiary/aromatic N) is 1. The van der Waals surface area contributed by atoms with Crippen molar-refractivity contribution in [3.63, 3.8) is 0 Å². The Hall–Kier alpha value is -0.490. The number of halogens is 5. The molecule has 24 heavy (non-hydrogen) atoms. The highest BCUT2D eigenvalue weighted by atomic mass is 35.5. The largest absolute Gasteiger partial charge is 0.416 e. The summed E-state index contributed by atoms with van der Waals surface area (Å²) >= 11 is 0. The lowest BCUT2D eigenvalue weighted by atomic mass is 9.94. The lowest BCUT2D eigenvalue weighted by Gasteiger charge is -2.36. The average molecular weight is 387 g/mol. The number of hydrogen-bond acceptors (Lipinski definition) is 2. The molecule has 0 aliphatic carbocycles. The zero-order chi connectivity index (χ0) is 16.2. The molecule has 0 radical (unpaired) electrons. The molecule has 140 valence electrons. The van der Waals surface area contributed by atoms with Crippen molar-refractivity contribution in [2.24, 2.45) is 5.92 Å². The molecule has 0 spiro atoms. The number of hydrogen-bond donors (Lipinski definition) is 1. The second kappa shape index (κ2) is 10.5. The molecule has 1 aliphatic heterocycles. The third-order valence-electron chi connectivity index (χ3n) is 4.21. The Kier molecular flexibility index (Phi) is 10.3. The Labute approximate surface area is 155 Å². The first kappa shape index (κ1) is 23.5. The number of alkyl halides is 3. The Balaban J connectivity index is 0.00000264. The first-order valence-corrected chi connectivity index (χ1v) is 8.00. The van der Waals surface area contributed by atoms with Crippen LogP contribution in [-0.4, -0.2) is 31.1 Å². The van der Waals surface area contributed by atoms with Gasteiger partial charge < -0.3 is 5.32 Å². The van der Waals surface area contributed by atoms with E-state index in [0.717, 1.165) is 50.7 Å². The van der Waals surface area contributed by atoms with Crippen LogP contribution in [0.3, 0.4) is 0 Å². The van der Waals surface area contributed by atoms with Crippen LogP contribution in [0.2, 0.25) is 0 Å².